The van der Waals surface area contributed by atoms with E-state index >= 15 is 0 Å². The van der Waals surface area contributed by atoms with E-state index in [1.807, 2.05) is 30.3 Å². The average molecular weight is 505 g/mol. The first kappa shape index (κ1) is 25.6. The number of carbonyl (C=O) groups is 1. The molecule has 36 heavy (non-hydrogen) atoms. The van der Waals surface area contributed by atoms with Crippen LogP contribution in [0.25, 0.3) is 0 Å². The minimum atomic E-state index is -4.54. The number of anilines is 1. The summed E-state index contributed by atoms with van der Waals surface area (Å²) >= 11 is 0. The Bertz CT molecular complexity index is 1180. The van der Waals surface area contributed by atoms with Crippen LogP contribution in [0.15, 0.2) is 72.9 Å². The fourth-order valence-corrected chi connectivity index (χ4v) is 4.38. The summed E-state index contributed by atoms with van der Waals surface area (Å²) in [5.41, 5.74) is 0.0230. The van der Waals surface area contributed by atoms with Crippen LogP contribution in [0.1, 0.15) is 43.1 Å². The van der Waals surface area contributed by atoms with Crippen LogP contribution in [0.3, 0.4) is 0 Å². The molecule has 5 nitrogen and oxygen atoms in total. The zero-order valence-corrected chi connectivity index (χ0v) is 19.5. The lowest BCUT2D eigenvalue weighted by molar-refractivity contribution is -0.141. The second kappa shape index (κ2) is 9.85. The molecule has 0 bridgehead atoms. The molecule has 1 aromatic heterocycles. The molecule has 190 valence electrons. The van der Waals surface area contributed by atoms with E-state index < -0.39 is 30.1 Å². The van der Waals surface area contributed by atoms with Crippen LogP contribution in [-0.2, 0) is 16.5 Å². The Morgan fingerprint density at radius 1 is 1.00 bits per heavy atom. The minimum Gasteiger partial charge on any atom is -0.435 e. The van der Waals surface area contributed by atoms with Crippen LogP contribution < -0.4 is 15.0 Å². The number of nitrogens with one attached hydrogen (secondary N) is 1. The second-order valence-corrected chi connectivity index (χ2v) is 8.99. The van der Waals surface area contributed by atoms with Crippen molar-refractivity contribution < 1.29 is 31.5 Å². The highest BCUT2D eigenvalue weighted by molar-refractivity contribution is 6.00. The Morgan fingerprint density at radius 3 is 2.22 bits per heavy atom. The standard InChI is InChI=1S/C26H24F5N3O2/c1-25(2,17-8-13-22(32-15-17)26(29,30)31)33-20-14-21(16-6-4-3-5-7-16)34(23(20)35)18-9-11-19(12-10-18)36-24(27)28/h3-13,15,20-21,24,33H,14H2,1-2H3/t20-,21-/m1/s1. The predicted octanol–water partition coefficient (Wildman–Crippen LogP) is 6.07. The van der Waals surface area contributed by atoms with Gasteiger partial charge in [-0.1, -0.05) is 36.4 Å². The van der Waals surface area contributed by atoms with E-state index in [0.717, 1.165) is 17.8 Å². The van der Waals surface area contributed by atoms with Crippen molar-refractivity contribution in [2.24, 2.45) is 0 Å². The van der Waals surface area contributed by atoms with E-state index in [4.69, 9.17) is 0 Å². The topological polar surface area (TPSA) is 54.5 Å². The number of halogens is 5. The van der Waals surface area contributed by atoms with Crippen LogP contribution in [0.2, 0.25) is 0 Å². The summed E-state index contributed by atoms with van der Waals surface area (Å²) in [6.07, 6.45) is -3.00. The number of carbonyl (C=O) groups excluding carboxylic acids is 1. The molecule has 2 atom stereocenters. The number of aromatic nitrogens is 1. The van der Waals surface area contributed by atoms with Gasteiger partial charge in [-0.3, -0.25) is 15.1 Å². The van der Waals surface area contributed by atoms with Crippen LogP contribution in [0, 0.1) is 0 Å². The number of amides is 1. The van der Waals surface area contributed by atoms with Crippen molar-refractivity contribution in [3.63, 3.8) is 0 Å². The number of hydrogen-bond donors (Lipinski definition) is 1. The van der Waals surface area contributed by atoms with Gasteiger partial charge in [-0.2, -0.15) is 22.0 Å². The van der Waals surface area contributed by atoms with Gasteiger partial charge in [-0.15, -0.1) is 0 Å². The molecule has 3 aromatic rings. The number of hydrogen-bond acceptors (Lipinski definition) is 4. The zero-order valence-electron chi connectivity index (χ0n) is 19.5. The van der Waals surface area contributed by atoms with Crippen LogP contribution in [0.5, 0.6) is 5.75 Å². The molecule has 4 rings (SSSR count). The van der Waals surface area contributed by atoms with Crippen molar-refractivity contribution in [1.29, 1.82) is 0 Å². The number of pyridine rings is 1. The summed E-state index contributed by atoms with van der Waals surface area (Å²) in [6, 6.07) is 16.4. The molecular formula is C26H24F5N3O2. The normalized spacial score (nSPS) is 18.7. The molecule has 1 saturated heterocycles. The first-order valence-electron chi connectivity index (χ1n) is 11.2. The highest BCUT2D eigenvalue weighted by Gasteiger charge is 2.43. The molecule has 0 unspecified atom stereocenters. The maximum Gasteiger partial charge on any atom is 0.433 e. The Labute approximate surface area is 204 Å². The van der Waals surface area contributed by atoms with Crippen molar-refractivity contribution >= 4 is 11.6 Å². The fraction of sp³-hybridized carbons (Fsp3) is 0.308. The molecule has 10 heteroatoms. The lowest BCUT2D eigenvalue weighted by Crippen LogP contribution is -2.47. The fourth-order valence-electron chi connectivity index (χ4n) is 4.38. The first-order chi connectivity index (χ1) is 17.0. The third-order valence-corrected chi connectivity index (χ3v) is 6.14. The molecule has 0 saturated carbocycles. The minimum absolute atomic E-state index is 0.0257. The zero-order chi connectivity index (χ0) is 26.1. The SMILES string of the molecule is CC(C)(N[C@@H]1C[C@H](c2ccccc2)N(c2ccc(OC(F)F)cc2)C1=O)c1ccc(C(F)(F)F)nc1. The number of nitrogens with zero attached hydrogens (tertiary/aromatic N) is 2. The molecule has 0 aliphatic carbocycles. The molecule has 0 radical (unpaired) electrons. The van der Waals surface area contributed by atoms with Crippen LogP contribution >= 0.6 is 0 Å². The number of ether oxygens (including phenoxy) is 1. The predicted molar refractivity (Wildman–Crippen MR) is 124 cm³/mol. The molecular weight excluding hydrogens is 481 g/mol. The van der Waals surface area contributed by atoms with Crippen molar-refractivity contribution in [1.82, 2.24) is 10.3 Å². The van der Waals surface area contributed by atoms with E-state index in [2.05, 4.69) is 15.0 Å². The lowest BCUT2D eigenvalue weighted by Gasteiger charge is -2.30. The summed E-state index contributed by atoms with van der Waals surface area (Å²) in [4.78, 5) is 18.7. The van der Waals surface area contributed by atoms with Gasteiger partial charge in [0, 0.05) is 17.4 Å². The molecule has 1 aliphatic heterocycles. The van der Waals surface area contributed by atoms with Gasteiger partial charge in [0.25, 0.3) is 0 Å². The molecule has 2 heterocycles. The number of alkyl halides is 5. The second-order valence-electron chi connectivity index (χ2n) is 8.99. The lowest BCUT2D eigenvalue weighted by atomic mass is 9.93. The Hall–Kier alpha value is -3.53. The van der Waals surface area contributed by atoms with Gasteiger partial charge in [-0.25, -0.2) is 0 Å². The number of rotatable bonds is 7. The summed E-state index contributed by atoms with van der Waals surface area (Å²) in [5, 5.41) is 3.28. The third kappa shape index (κ3) is 5.48. The van der Waals surface area contributed by atoms with Crippen molar-refractivity contribution in [3.8, 4) is 5.75 Å². The van der Waals surface area contributed by atoms with E-state index in [-0.39, 0.29) is 17.7 Å². The van der Waals surface area contributed by atoms with Gasteiger partial charge >= 0.3 is 12.8 Å². The van der Waals surface area contributed by atoms with Crippen molar-refractivity contribution in [2.75, 3.05) is 4.90 Å². The quantitative estimate of drug-likeness (QED) is 0.396. The smallest absolute Gasteiger partial charge is 0.433 e. The van der Waals surface area contributed by atoms with Gasteiger partial charge in [0.05, 0.1) is 12.1 Å². The highest BCUT2D eigenvalue weighted by atomic mass is 19.4. The highest BCUT2D eigenvalue weighted by Crippen LogP contribution is 2.39. The van der Waals surface area contributed by atoms with E-state index in [1.165, 1.54) is 18.2 Å². The van der Waals surface area contributed by atoms with Gasteiger partial charge < -0.3 is 9.64 Å². The Kier molecular flexibility index (Phi) is 6.99. The Balaban J connectivity index is 1.61. The first-order valence-corrected chi connectivity index (χ1v) is 11.2. The Morgan fingerprint density at radius 2 is 1.67 bits per heavy atom. The van der Waals surface area contributed by atoms with Crippen molar-refractivity contribution in [3.05, 3.63) is 89.7 Å². The van der Waals surface area contributed by atoms with Crippen LogP contribution in [-0.4, -0.2) is 23.5 Å². The largest absolute Gasteiger partial charge is 0.435 e. The van der Waals surface area contributed by atoms with E-state index in [1.54, 1.807) is 30.9 Å². The monoisotopic (exact) mass is 505 g/mol. The molecule has 1 fully saturated rings. The molecule has 1 amide bonds. The summed E-state index contributed by atoms with van der Waals surface area (Å²) < 4.78 is 68.2. The van der Waals surface area contributed by atoms with Gasteiger partial charge in [0.1, 0.15) is 11.4 Å². The van der Waals surface area contributed by atoms with E-state index in [9.17, 15) is 26.7 Å². The number of benzene rings is 2. The van der Waals surface area contributed by atoms with Crippen LogP contribution in [0.4, 0.5) is 27.6 Å². The molecule has 1 aliphatic rings. The summed E-state index contributed by atoms with van der Waals surface area (Å²) in [5.74, 6) is -0.276. The van der Waals surface area contributed by atoms with Gasteiger partial charge in [-0.05, 0) is 61.7 Å². The summed E-state index contributed by atoms with van der Waals surface area (Å²) in [7, 11) is 0. The molecule has 2 aromatic carbocycles. The van der Waals surface area contributed by atoms with Crippen molar-refractivity contribution in [2.45, 2.75) is 50.7 Å². The maximum absolute atomic E-state index is 13.6. The van der Waals surface area contributed by atoms with E-state index in [0.29, 0.717) is 17.7 Å². The maximum atomic E-state index is 13.6. The summed E-state index contributed by atoms with van der Waals surface area (Å²) in [6.45, 7) is 0.569. The van der Waals surface area contributed by atoms with Gasteiger partial charge in [0.15, 0.2) is 0 Å². The molecule has 0 spiro atoms. The van der Waals surface area contributed by atoms with Gasteiger partial charge in [0.2, 0.25) is 5.91 Å². The third-order valence-electron chi connectivity index (χ3n) is 6.14. The molecule has 1 N–H and O–H groups in total. The average Bonchev–Trinajstić information content (AvgIpc) is 3.14.